The zero-order chi connectivity index (χ0) is 17.1. The number of rotatable bonds is 5. The minimum absolute atomic E-state index is 0.176. The van der Waals surface area contributed by atoms with E-state index >= 15 is 0 Å². The van der Waals surface area contributed by atoms with Crippen molar-refractivity contribution in [3.05, 3.63) is 59.9 Å². The topological polar surface area (TPSA) is 67.0 Å². The monoisotopic (exact) mass is 323 g/mol. The predicted octanol–water partition coefficient (Wildman–Crippen LogP) is 3.52. The van der Waals surface area contributed by atoms with E-state index in [1.807, 2.05) is 62.4 Å². The molecule has 1 heterocycles. The number of aromatic nitrogens is 2. The lowest BCUT2D eigenvalue weighted by atomic mass is 10.2. The van der Waals surface area contributed by atoms with Crippen LogP contribution in [0.3, 0.4) is 0 Å². The summed E-state index contributed by atoms with van der Waals surface area (Å²) in [6.07, 6.45) is -0.585. The summed E-state index contributed by atoms with van der Waals surface area (Å²) in [6.45, 7) is 5.62. The van der Waals surface area contributed by atoms with Crippen molar-refractivity contribution in [3.63, 3.8) is 0 Å². The second-order valence-electron chi connectivity index (χ2n) is 5.95. The molecule has 0 aliphatic carbocycles. The van der Waals surface area contributed by atoms with Gasteiger partial charge in [0.1, 0.15) is 11.6 Å². The minimum Gasteiger partial charge on any atom is -0.481 e. The number of carbonyl (C=O) groups is 1. The van der Waals surface area contributed by atoms with E-state index in [-0.39, 0.29) is 11.9 Å². The number of hydrogen-bond acceptors (Lipinski definition) is 3. The summed E-state index contributed by atoms with van der Waals surface area (Å²) in [6, 6.07) is 15.2. The van der Waals surface area contributed by atoms with Gasteiger partial charge in [-0.15, -0.1) is 0 Å². The number of benzene rings is 2. The Balaban J connectivity index is 1.64. The number of hydrogen-bond donors (Lipinski definition) is 2. The van der Waals surface area contributed by atoms with E-state index in [0.29, 0.717) is 5.75 Å². The maximum absolute atomic E-state index is 12.4. The van der Waals surface area contributed by atoms with Crippen molar-refractivity contribution >= 4 is 16.9 Å². The average molecular weight is 323 g/mol. The summed E-state index contributed by atoms with van der Waals surface area (Å²) in [4.78, 5) is 20.1. The van der Waals surface area contributed by atoms with E-state index in [1.54, 1.807) is 6.92 Å². The molecule has 0 saturated carbocycles. The van der Waals surface area contributed by atoms with Gasteiger partial charge in [-0.1, -0.05) is 24.3 Å². The first kappa shape index (κ1) is 16.1. The molecule has 0 aliphatic heterocycles. The summed E-state index contributed by atoms with van der Waals surface area (Å²) in [5, 5.41) is 2.93. The SMILES string of the molecule is Cc1cccc(O[C@H](C)C(=O)N[C@@H](C)c2nc3ccccc3[nH]2)c1. The first-order chi connectivity index (χ1) is 11.5. The van der Waals surface area contributed by atoms with E-state index in [1.165, 1.54) is 0 Å². The second-order valence-corrected chi connectivity index (χ2v) is 5.95. The van der Waals surface area contributed by atoms with E-state index in [4.69, 9.17) is 4.74 Å². The largest absolute Gasteiger partial charge is 0.481 e. The van der Waals surface area contributed by atoms with Crippen LogP contribution in [0.25, 0.3) is 11.0 Å². The lowest BCUT2D eigenvalue weighted by molar-refractivity contribution is -0.128. The van der Waals surface area contributed by atoms with Crippen molar-refractivity contribution in [2.75, 3.05) is 0 Å². The van der Waals surface area contributed by atoms with Crippen LogP contribution in [0.4, 0.5) is 0 Å². The fourth-order valence-electron chi connectivity index (χ4n) is 2.52. The van der Waals surface area contributed by atoms with E-state index < -0.39 is 6.10 Å². The maximum atomic E-state index is 12.4. The van der Waals surface area contributed by atoms with Crippen LogP contribution in [-0.4, -0.2) is 22.0 Å². The fraction of sp³-hybridized carbons (Fsp3) is 0.263. The Morgan fingerprint density at radius 3 is 2.71 bits per heavy atom. The molecule has 3 aromatic rings. The summed E-state index contributed by atoms with van der Waals surface area (Å²) < 4.78 is 5.71. The molecule has 124 valence electrons. The highest BCUT2D eigenvalue weighted by Gasteiger charge is 2.19. The van der Waals surface area contributed by atoms with Crippen LogP contribution in [-0.2, 0) is 4.79 Å². The third-order valence-corrected chi connectivity index (χ3v) is 3.85. The molecule has 0 saturated heterocycles. The van der Waals surface area contributed by atoms with Crippen molar-refractivity contribution in [2.24, 2.45) is 0 Å². The van der Waals surface area contributed by atoms with Crippen LogP contribution in [0.2, 0.25) is 0 Å². The van der Waals surface area contributed by atoms with Crippen molar-refractivity contribution in [2.45, 2.75) is 32.9 Å². The number of aryl methyl sites for hydroxylation is 1. The molecule has 24 heavy (non-hydrogen) atoms. The van der Waals surface area contributed by atoms with Gasteiger partial charge in [0.2, 0.25) is 0 Å². The fourth-order valence-corrected chi connectivity index (χ4v) is 2.52. The number of amides is 1. The quantitative estimate of drug-likeness (QED) is 0.755. The summed E-state index contributed by atoms with van der Waals surface area (Å²) in [7, 11) is 0. The van der Waals surface area contributed by atoms with Crippen LogP contribution in [0.15, 0.2) is 48.5 Å². The molecule has 0 spiro atoms. The van der Waals surface area contributed by atoms with Crippen molar-refractivity contribution in [1.82, 2.24) is 15.3 Å². The highest BCUT2D eigenvalue weighted by atomic mass is 16.5. The van der Waals surface area contributed by atoms with Gasteiger partial charge >= 0.3 is 0 Å². The van der Waals surface area contributed by atoms with Gasteiger partial charge in [0.15, 0.2) is 6.10 Å². The first-order valence-corrected chi connectivity index (χ1v) is 8.01. The lowest BCUT2D eigenvalue weighted by Crippen LogP contribution is -2.38. The Kier molecular flexibility index (Phi) is 4.51. The molecule has 2 aromatic carbocycles. The summed E-state index contributed by atoms with van der Waals surface area (Å²) in [5.74, 6) is 1.24. The van der Waals surface area contributed by atoms with E-state index in [9.17, 15) is 4.79 Å². The number of nitrogens with zero attached hydrogens (tertiary/aromatic N) is 1. The van der Waals surface area contributed by atoms with Gasteiger partial charge in [-0.2, -0.15) is 0 Å². The molecule has 5 heteroatoms. The Labute approximate surface area is 141 Å². The molecule has 0 aliphatic rings. The van der Waals surface area contributed by atoms with Gasteiger partial charge in [-0.05, 0) is 50.6 Å². The number of nitrogens with one attached hydrogen (secondary N) is 2. The number of carbonyl (C=O) groups excluding carboxylic acids is 1. The van der Waals surface area contributed by atoms with Crippen LogP contribution in [0, 0.1) is 6.92 Å². The smallest absolute Gasteiger partial charge is 0.261 e. The Bertz CT molecular complexity index is 823. The summed E-state index contributed by atoms with van der Waals surface area (Å²) in [5.41, 5.74) is 2.94. The standard InChI is InChI=1S/C19H21N3O2/c1-12-7-6-8-15(11-12)24-14(3)19(23)20-13(2)18-21-16-9-4-5-10-17(16)22-18/h4-11,13-14H,1-3H3,(H,20,23)(H,21,22)/t13-,14+/m0/s1. The molecule has 2 atom stereocenters. The first-order valence-electron chi connectivity index (χ1n) is 8.01. The third kappa shape index (κ3) is 3.56. The molecule has 1 amide bonds. The Morgan fingerprint density at radius 1 is 1.17 bits per heavy atom. The number of para-hydroxylation sites is 2. The molecule has 1 aromatic heterocycles. The Morgan fingerprint density at radius 2 is 1.96 bits per heavy atom. The average Bonchev–Trinajstić information content (AvgIpc) is 2.99. The number of ether oxygens (including phenoxy) is 1. The van der Waals surface area contributed by atoms with Crippen molar-refractivity contribution in [1.29, 1.82) is 0 Å². The predicted molar refractivity (Wildman–Crippen MR) is 93.9 cm³/mol. The highest BCUT2D eigenvalue weighted by molar-refractivity contribution is 5.81. The van der Waals surface area contributed by atoms with Gasteiger partial charge < -0.3 is 15.0 Å². The van der Waals surface area contributed by atoms with Gasteiger partial charge in [0, 0.05) is 0 Å². The third-order valence-electron chi connectivity index (χ3n) is 3.85. The minimum atomic E-state index is -0.585. The van der Waals surface area contributed by atoms with E-state index in [2.05, 4.69) is 15.3 Å². The van der Waals surface area contributed by atoms with Crippen LogP contribution in [0.1, 0.15) is 31.3 Å². The number of fused-ring (bicyclic) bond motifs is 1. The molecule has 5 nitrogen and oxygen atoms in total. The van der Waals surface area contributed by atoms with Crippen molar-refractivity contribution in [3.8, 4) is 5.75 Å². The van der Waals surface area contributed by atoms with Gasteiger partial charge in [0.05, 0.1) is 17.1 Å². The molecule has 0 fully saturated rings. The Hall–Kier alpha value is -2.82. The number of imidazole rings is 1. The lowest BCUT2D eigenvalue weighted by Gasteiger charge is -2.17. The molecule has 2 N–H and O–H groups in total. The van der Waals surface area contributed by atoms with Gasteiger partial charge in [0.25, 0.3) is 5.91 Å². The molecule has 0 bridgehead atoms. The van der Waals surface area contributed by atoms with Gasteiger partial charge in [-0.3, -0.25) is 4.79 Å². The normalized spacial score (nSPS) is 13.5. The van der Waals surface area contributed by atoms with E-state index in [0.717, 1.165) is 22.4 Å². The summed E-state index contributed by atoms with van der Waals surface area (Å²) >= 11 is 0. The zero-order valence-corrected chi connectivity index (χ0v) is 14.0. The highest BCUT2D eigenvalue weighted by Crippen LogP contribution is 2.17. The van der Waals surface area contributed by atoms with Crippen LogP contribution < -0.4 is 10.1 Å². The van der Waals surface area contributed by atoms with Gasteiger partial charge in [-0.25, -0.2) is 4.98 Å². The van der Waals surface area contributed by atoms with Crippen LogP contribution >= 0.6 is 0 Å². The second kappa shape index (κ2) is 6.74. The molecule has 3 rings (SSSR count). The zero-order valence-electron chi connectivity index (χ0n) is 14.0. The number of H-pyrrole nitrogens is 1. The molecular weight excluding hydrogens is 302 g/mol. The maximum Gasteiger partial charge on any atom is 0.261 e. The molecular formula is C19H21N3O2. The van der Waals surface area contributed by atoms with Crippen LogP contribution in [0.5, 0.6) is 5.75 Å². The number of aromatic amines is 1. The van der Waals surface area contributed by atoms with Crippen molar-refractivity contribution < 1.29 is 9.53 Å². The molecule has 0 unspecified atom stereocenters. The molecule has 0 radical (unpaired) electrons.